The number of aromatic nitrogens is 4. The molecule has 6 rings (SSSR count). The van der Waals surface area contributed by atoms with Crippen molar-refractivity contribution in [2.75, 3.05) is 37.1 Å². The lowest BCUT2D eigenvalue weighted by Crippen LogP contribution is -2.44. The van der Waals surface area contributed by atoms with Gasteiger partial charge >= 0.3 is 0 Å². The number of halogens is 2. The minimum absolute atomic E-state index is 0.0672. The largest absolute Gasteiger partial charge is 0.494 e. The minimum Gasteiger partial charge on any atom is -0.494 e. The molecule has 200 valence electrons. The lowest BCUT2D eigenvalue weighted by atomic mass is 9.85. The van der Waals surface area contributed by atoms with E-state index in [0.717, 1.165) is 24.2 Å². The van der Waals surface area contributed by atoms with Crippen LogP contribution in [0.15, 0.2) is 24.5 Å². The van der Waals surface area contributed by atoms with E-state index in [1.807, 2.05) is 0 Å². The summed E-state index contributed by atoms with van der Waals surface area (Å²) in [5, 5.41) is 11.4. The first-order chi connectivity index (χ1) is 18.8. The SMILES string of the molecule is COc1cnc(C(F)F)cc1-c1cc(N2CC3(COC3)CC2=O)ncc1C(=O)Nc1nnc(C#CC2CC2)s1. The average molecular weight is 553 g/mol. The van der Waals surface area contributed by atoms with Crippen LogP contribution < -0.4 is 15.0 Å². The highest BCUT2D eigenvalue weighted by Crippen LogP contribution is 2.42. The Bertz CT molecular complexity index is 1530. The molecular weight excluding hydrogens is 530 g/mol. The van der Waals surface area contributed by atoms with E-state index in [1.54, 1.807) is 0 Å². The van der Waals surface area contributed by atoms with Crippen LogP contribution in [0.2, 0.25) is 0 Å². The molecule has 1 saturated carbocycles. The molecule has 1 aliphatic carbocycles. The number of alkyl halides is 2. The van der Waals surface area contributed by atoms with E-state index in [4.69, 9.17) is 9.47 Å². The normalized spacial score (nSPS) is 17.6. The van der Waals surface area contributed by atoms with Crippen LogP contribution in [0, 0.1) is 23.2 Å². The lowest BCUT2D eigenvalue weighted by Gasteiger charge is -2.36. The molecule has 2 aliphatic heterocycles. The number of pyridine rings is 2. The van der Waals surface area contributed by atoms with Gasteiger partial charge in [0.05, 0.1) is 32.1 Å². The van der Waals surface area contributed by atoms with Crippen molar-refractivity contribution in [3.63, 3.8) is 0 Å². The second-order valence-corrected chi connectivity index (χ2v) is 10.7. The summed E-state index contributed by atoms with van der Waals surface area (Å²) in [7, 11) is 1.38. The van der Waals surface area contributed by atoms with Gasteiger partial charge in [-0.2, -0.15) is 0 Å². The fourth-order valence-corrected chi connectivity index (χ4v) is 5.12. The van der Waals surface area contributed by atoms with Crippen LogP contribution in [0.4, 0.5) is 19.7 Å². The van der Waals surface area contributed by atoms with Gasteiger partial charge in [-0.3, -0.25) is 24.8 Å². The Morgan fingerprint density at radius 3 is 2.72 bits per heavy atom. The molecule has 0 aromatic carbocycles. The third-order valence-corrected chi connectivity index (χ3v) is 7.53. The number of nitrogens with one attached hydrogen (secondary N) is 1. The standard InChI is InChI=1S/C26H22F2N6O4S/c1-37-19-10-29-18(23(27)28)6-16(19)15-7-20(34-11-26(8-22(34)35)12-38-13-26)30-9-17(15)24(36)31-25-33-32-21(39-25)5-4-14-2-3-14/h6-7,9-10,14,23H,2-3,8,11-13H2,1H3,(H,31,33,36). The van der Waals surface area contributed by atoms with Gasteiger partial charge in [-0.05, 0) is 30.9 Å². The van der Waals surface area contributed by atoms with Crippen molar-refractivity contribution in [2.24, 2.45) is 11.3 Å². The molecule has 10 nitrogen and oxygen atoms in total. The predicted octanol–water partition coefficient (Wildman–Crippen LogP) is 3.71. The van der Waals surface area contributed by atoms with Crippen LogP contribution in [0.3, 0.4) is 0 Å². The smallest absolute Gasteiger partial charge is 0.280 e. The van der Waals surface area contributed by atoms with Gasteiger partial charge < -0.3 is 9.47 Å². The van der Waals surface area contributed by atoms with Crippen LogP contribution >= 0.6 is 11.3 Å². The molecule has 3 aromatic rings. The van der Waals surface area contributed by atoms with Crippen molar-refractivity contribution < 1.29 is 27.8 Å². The van der Waals surface area contributed by atoms with E-state index >= 15 is 0 Å². The molecule has 0 atom stereocenters. The van der Waals surface area contributed by atoms with Crippen LogP contribution in [-0.2, 0) is 9.53 Å². The van der Waals surface area contributed by atoms with E-state index in [0.29, 0.717) is 42.9 Å². The molecule has 2 saturated heterocycles. The van der Waals surface area contributed by atoms with Crippen LogP contribution in [0.5, 0.6) is 5.75 Å². The Kier molecular flexibility index (Phi) is 6.44. The first kappa shape index (κ1) is 25.3. The summed E-state index contributed by atoms with van der Waals surface area (Å²) >= 11 is 1.13. The summed E-state index contributed by atoms with van der Waals surface area (Å²) in [5.74, 6) is 6.20. The summed E-state index contributed by atoms with van der Waals surface area (Å²) in [6, 6.07) is 2.70. The number of rotatable bonds is 6. The van der Waals surface area contributed by atoms with Crippen LogP contribution in [0.25, 0.3) is 11.1 Å². The number of nitrogens with zero attached hydrogens (tertiary/aromatic N) is 5. The van der Waals surface area contributed by atoms with Crippen molar-refractivity contribution in [3.8, 4) is 28.7 Å². The zero-order valence-electron chi connectivity index (χ0n) is 20.7. The van der Waals surface area contributed by atoms with Gasteiger partial charge in [0.15, 0.2) is 5.01 Å². The summed E-state index contributed by atoms with van der Waals surface area (Å²) in [6.07, 6.45) is 2.12. The van der Waals surface area contributed by atoms with Crippen LogP contribution in [0.1, 0.15) is 46.7 Å². The molecule has 0 radical (unpaired) electrons. The first-order valence-electron chi connectivity index (χ1n) is 12.2. The number of carbonyl (C=O) groups is 2. The number of hydrogen-bond donors (Lipinski definition) is 1. The fourth-order valence-electron chi connectivity index (χ4n) is 4.52. The van der Waals surface area contributed by atoms with Gasteiger partial charge in [-0.25, -0.2) is 13.8 Å². The quantitative estimate of drug-likeness (QED) is 0.460. The molecule has 3 fully saturated rings. The summed E-state index contributed by atoms with van der Waals surface area (Å²) in [5.41, 5.74) is -0.225. The van der Waals surface area contributed by atoms with Crippen molar-refractivity contribution >= 4 is 34.1 Å². The highest BCUT2D eigenvalue weighted by atomic mass is 32.1. The molecule has 5 heterocycles. The van der Waals surface area contributed by atoms with E-state index < -0.39 is 18.0 Å². The zero-order chi connectivity index (χ0) is 27.1. The molecule has 39 heavy (non-hydrogen) atoms. The number of anilines is 2. The molecule has 3 aliphatic rings. The van der Waals surface area contributed by atoms with Gasteiger partial charge in [0.25, 0.3) is 12.3 Å². The number of hydrogen-bond acceptors (Lipinski definition) is 9. The Labute approximate surface area is 225 Å². The fraction of sp³-hybridized carbons (Fsp3) is 0.385. The highest BCUT2D eigenvalue weighted by molar-refractivity contribution is 7.15. The van der Waals surface area contributed by atoms with E-state index in [-0.39, 0.29) is 38.9 Å². The Morgan fingerprint density at radius 2 is 2.05 bits per heavy atom. The van der Waals surface area contributed by atoms with Gasteiger partial charge in [0, 0.05) is 41.6 Å². The Hall–Kier alpha value is -4.02. The second-order valence-electron chi connectivity index (χ2n) is 9.76. The number of carbonyl (C=O) groups excluding carboxylic acids is 2. The van der Waals surface area contributed by atoms with Gasteiger partial charge in [-0.1, -0.05) is 17.3 Å². The van der Waals surface area contributed by atoms with Gasteiger partial charge in [0.2, 0.25) is 11.0 Å². The van der Waals surface area contributed by atoms with Crippen molar-refractivity contribution in [2.45, 2.75) is 25.7 Å². The van der Waals surface area contributed by atoms with E-state index in [9.17, 15) is 18.4 Å². The van der Waals surface area contributed by atoms with E-state index in [1.165, 1.54) is 36.5 Å². The zero-order valence-corrected chi connectivity index (χ0v) is 21.6. The lowest BCUT2D eigenvalue weighted by molar-refractivity contribution is -0.126. The maximum absolute atomic E-state index is 13.6. The van der Waals surface area contributed by atoms with Gasteiger partial charge in [-0.15, -0.1) is 10.2 Å². The molecule has 13 heteroatoms. The van der Waals surface area contributed by atoms with Crippen molar-refractivity contribution in [3.05, 3.63) is 40.8 Å². The minimum atomic E-state index is -2.84. The number of methoxy groups -OCH3 is 1. The van der Waals surface area contributed by atoms with Gasteiger partial charge in [0.1, 0.15) is 17.3 Å². The molecule has 2 amide bonds. The Morgan fingerprint density at radius 1 is 1.23 bits per heavy atom. The number of amides is 2. The molecule has 0 unspecified atom stereocenters. The molecule has 1 spiro atoms. The second kappa shape index (κ2) is 9.94. The predicted molar refractivity (Wildman–Crippen MR) is 137 cm³/mol. The maximum atomic E-state index is 13.6. The Balaban J connectivity index is 1.37. The van der Waals surface area contributed by atoms with Crippen molar-refractivity contribution in [1.29, 1.82) is 0 Å². The molecule has 3 aromatic heterocycles. The third-order valence-electron chi connectivity index (χ3n) is 6.78. The first-order valence-corrected chi connectivity index (χ1v) is 13.0. The highest BCUT2D eigenvalue weighted by Gasteiger charge is 2.49. The maximum Gasteiger partial charge on any atom is 0.280 e. The topological polar surface area (TPSA) is 119 Å². The number of ether oxygens (including phenoxy) is 2. The monoisotopic (exact) mass is 552 g/mol. The van der Waals surface area contributed by atoms with Crippen LogP contribution in [-0.4, -0.2) is 58.8 Å². The molecule has 0 bridgehead atoms. The third kappa shape index (κ3) is 5.05. The summed E-state index contributed by atoms with van der Waals surface area (Å²) in [4.78, 5) is 36.0. The summed E-state index contributed by atoms with van der Waals surface area (Å²) < 4.78 is 37.9. The average Bonchev–Trinajstić information content (AvgIpc) is 3.52. The molecular formula is C26H22F2N6O4S. The van der Waals surface area contributed by atoms with E-state index in [2.05, 4.69) is 37.3 Å². The van der Waals surface area contributed by atoms with Crippen molar-refractivity contribution in [1.82, 2.24) is 20.2 Å². The molecule has 1 N–H and O–H groups in total. The summed E-state index contributed by atoms with van der Waals surface area (Å²) in [6.45, 7) is 1.37.